The third-order valence-electron chi connectivity index (χ3n) is 11.2. The van der Waals surface area contributed by atoms with E-state index in [-0.39, 0.29) is 0 Å². The molecule has 4 nitrogen and oxygen atoms in total. The van der Waals surface area contributed by atoms with Gasteiger partial charge in [0.2, 0.25) is 0 Å². The highest BCUT2D eigenvalue weighted by atomic mass is 16.1. The standard InChI is InChI=1S/C53H35N3O/c1-33-47-43-23-12-13-26-45(43)55-52(36-18-6-3-4-7-19-36)49(47)34(2)48-44-28-27-37(30-46(44)56-53(50(33)48)38-21-15-29-54-31-38)41-25-14-24-40(35-16-8-5-9-17-35)51(41)42-22-11-10-20-39(42)32-57/h3,5-32H,1-2H3. The summed E-state index contributed by atoms with van der Waals surface area (Å²) in [5, 5.41) is 6.72. The Balaban J connectivity index is 1.33. The lowest BCUT2D eigenvalue weighted by Gasteiger charge is -2.21. The molecule has 268 valence electrons. The number of carbonyl (C=O) groups is 1. The summed E-state index contributed by atoms with van der Waals surface area (Å²) >= 11 is 0. The van der Waals surface area contributed by atoms with Crippen molar-refractivity contribution in [3.8, 4) is 44.6 Å². The molecule has 0 bridgehead atoms. The van der Waals surface area contributed by atoms with Crippen LogP contribution in [0.15, 0.2) is 176 Å². The van der Waals surface area contributed by atoms with Crippen LogP contribution in [0.2, 0.25) is 0 Å². The minimum Gasteiger partial charge on any atom is -0.298 e. The zero-order valence-electron chi connectivity index (χ0n) is 31.5. The van der Waals surface area contributed by atoms with E-state index in [2.05, 4.69) is 128 Å². The quantitative estimate of drug-likeness (QED) is 0.0740. The molecule has 0 aliphatic heterocycles. The summed E-state index contributed by atoms with van der Waals surface area (Å²) in [7, 11) is 0. The Bertz CT molecular complexity index is 3240. The van der Waals surface area contributed by atoms with E-state index < -0.39 is 0 Å². The van der Waals surface area contributed by atoms with Gasteiger partial charge in [-0.1, -0.05) is 115 Å². The number of aldehydes is 1. The predicted molar refractivity (Wildman–Crippen MR) is 236 cm³/mol. The number of rotatable bonds is 6. The van der Waals surface area contributed by atoms with Gasteiger partial charge >= 0.3 is 0 Å². The zero-order valence-corrected chi connectivity index (χ0v) is 31.5. The largest absolute Gasteiger partial charge is 0.298 e. The number of benzene rings is 6. The number of carbonyl (C=O) groups excluding carboxylic acids is 1. The van der Waals surface area contributed by atoms with Crippen molar-refractivity contribution in [3.63, 3.8) is 0 Å². The van der Waals surface area contributed by atoms with E-state index in [0.29, 0.717) is 5.56 Å². The van der Waals surface area contributed by atoms with E-state index >= 15 is 0 Å². The molecule has 0 N–H and O–H groups in total. The molecule has 0 radical (unpaired) electrons. The molecule has 3 aromatic heterocycles. The molecule has 3 heterocycles. The fourth-order valence-electron chi connectivity index (χ4n) is 8.71. The summed E-state index contributed by atoms with van der Waals surface area (Å²) in [4.78, 5) is 27.9. The van der Waals surface area contributed by atoms with Crippen molar-refractivity contribution in [1.82, 2.24) is 15.0 Å². The fraction of sp³-hybridized carbons (Fsp3) is 0.0377. The first-order valence-corrected chi connectivity index (χ1v) is 19.1. The first kappa shape index (κ1) is 34.0. The fourth-order valence-corrected chi connectivity index (χ4v) is 8.71. The van der Waals surface area contributed by atoms with E-state index in [1.54, 1.807) is 6.20 Å². The molecule has 0 saturated carbocycles. The van der Waals surface area contributed by atoms with Gasteiger partial charge in [0.05, 0.1) is 22.4 Å². The van der Waals surface area contributed by atoms with Gasteiger partial charge in [-0.25, -0.2) is 9.97 Å². The SMILES string of the molecule is Cc1c2c(-c3cccnc3)nc3cc(-c4cccc(-c5ccccc5)c4-c4ccccc4C=O)ccc3c2c(C)c2c(C3=CC=C=CC=C3)nc3ccccc3c12. The number of pyridine rings is 3. The van der Waals surface area contributed by atoms with Crippen LogP contribution in [0.25, 0.3) is 93.6 Å². The van der Waals surface area contributed by atoms with Gasteiger partial charge in [-0.05, 0) is 112 Å². The van der Waals surface area contributed by atoms with Gasteiger partial charge in [-0.2, -0.15) is 0 Å². The monoisotopic (exact) mass is 729 g/mol. The molecule has 10 rings (SSSR count). The van der Waals surface area contributed by atoms with E-state index in [1.165, 1.54) is 5.39 Å². The molecule has 0 fully saturated rings. The van der Waals surface area contributed by atoms with E-state index in [4.69, 9.17) is 9.97 Å². The maximum atomic E-state index is 12.5. The molecule has 4 heteroatoms. The van der Waals surface area contributed by atoms with Crippen LogP contribution >= 0.6 is 0 Å². The van der Waals surface area contributed by atoms with Crippen molar-refractivity contribution in [3.05, 3.63) is 198 Å². The summed E-state index contributed by atoms with van der Waals surface area (Å²) in [6.07, 6.45) is 14.8. The van der Waals surface area contributed by atoms with Gasteiger partial charge in [-0.3, -0.25) is 9.78 Å². The summed E-state index contributed by atoms with van der Waals surface area (Å²) in [5.41, 5.74) is 17.9. The van der Waals surface area contributed by atoms with Crippen molar-refractivity contribution in [2.75, 3.05) is 0 Å². The highest BCUT2D eigenvalue weighted by molar-refractivity contribution is 6.25. The van der Waals surface area contributed by atoms with Crippen molar-refractivity contribution < 1.29 is 4.79 Å². The van der Waals surface area contributed by atoms with Crippen LogP contribution in [-0.4, -0.2) is 21.2 Å². The molecule has 0 saturated heterocycles. The van der Waals surface area contributed by atoms with Crippen LogP contribution in [0.4, 0.5) is 0 Å². The minimum absolute atomic E-state index is 0.644. The Morgan fingerprint density at radius 2 is 1.25 bits per heavy atom. The summed E-state index contributed by atoms with van der Waals surface area (Å²) in [5.74, 6) is 0. The first-order chi connectivity index (χ1) is 28.1. The van der Waals surface area contributed by atoms with Crippen LogP contribution in [-0.2, 0) is 0 Å². The van der Waals surface area contributed by atoms with Crippen molar-refractivity contribution in [1.29, 1.82) is 0 Å². The number of aryl methyl sites for hydroxylation is 2. The van der Waals surface area contributed by atoms with E-state index in [9.17, 15) is 4.79 Å². The first-order valence-electron chi connectivity index (χ1n) is 19.1. The van der Waals surface area contributed by atoms with Gasteiger partial charge in [0.15, 0.2) is 6.29 Å². The van der Waals surface area contributed by atoms with Crippen molar-refractivity contribution in [2.24, 2.45) is 0 Å². The molecule has 57 heavy (non-hydrogen) atoms. The zero-order chi connectivity index (χ0) is 38.5. The number of hydrogen-bond donors (Lipinski definition) is 0. The number of hydrogen-bond acceptors (Lipinski definition) is 4. The molecule has 9 aromatic rings. The average molecular weight is 730 g/mol. The third-order valence-corrected chi connectivity index (χ3v) is 11.2. The average Bonchev–Trinajstić information content (AvgIpc) is 3.57. The predicted octanol–water partition coefficient (Wildman–Crippen LogP) is 13.2. The second-order valence-electron chi connectivity index (χ2n) is 14.4. The molecular formula is C53H35N3O. The number of nitrogens with zero attached hydrogens (tertiary/aromatic N) is 3. The van der Waals surface area contributed by atoms with E-state index in [1.807, 2.05) is 60.8 Å². The lowest BCUT2D eigenvalue weighted by atomic mass is 9.84. The van der Waals surface area contributed by atoms with Gasteiger partial charge in [-0.15, -0.1) is 5.73 Å². The maximum absolute atomic E-state index is 12.5. The molecule has 0 amide bonds. The molecule has 0 atom stereocenters. The highest BCUT2D eigenvalue weighted by Crippen LogP contribution is 2.46. The molecule has 0 unspecified atom stereocenters. The Morgan fingerprint density at radius 3 is 2.05 bits per heavy atom. The van der Waals surface area contributed by atoms with Gasteiger partial charge in [0.25, 0.3) is 0 Å². The summed E-state index contributed by atoms with van der Waals surface area (Å²) < 4.78 is 0. The van der Waals surface area contributed by atoms with Gasteiger partial charge in [0, 0.05) is 50.6 Å². The highest BCUT2D eigenvalue weighted by Gasteiger charge is 2.24. The maximum Gasteiger partial charge on any atom is 0.150 e. The van der Waals surface area contributed by atoms with Crippen molar-refractivity contribution in [2.45, 2.75) is 13.8 Å². The summed E-state index contributed by atoms with van der Waals surface area (Å²) in [6.45, 7) is 4.46. The van der Waals surface area contributed by atoms with E-state index in [0.717, 1.165) is 111 Å². The lowest BCUT2D eigenvalue weighted by molar-refractivity contribution is 0.112. The molecule has 1 aliphatic rings. The van der Waals surface area contributed by atoms with Crippen LogP contribution in [0.5, 0.6) is 0 Å². The lowest BCUT2D eigenvalue weighted by Crippen LogP contribution is -2.01. The molecular weight excluding hydrogens is 695 g/mol. The third kappa shape index (κ3) is 5.62. The Kier molecular flexibility index (Phi) is 8.33. The van der Waals surface area contributed by atoms with Crippen LogP contribution in [0.1, 0.15) is 27.2 Å². The number of allylic oxidation sites excluding steroid dienone is 5. The van der Waals surface area contributed by atoms with Crippen molar-refractivity contribution >= 4 is 55.2 Å². The molecule has 1 aliphatic carbocycles. The number of aromatic nitrogens is 3. The Hall–Kier alpha value is -7.52. The smallest absolute Gasteiger partial charge is 0.150 e. The number of para-hydroxylation sites is 1. The summed E-state index contributed by atoms with van der Waals surface area (Å²) in [6, 6.07) is 43.7. The molecule has 6 aromatic carbocycles. The second kappa shape index (κ2) is 14.0. The Morgan fingerprint density at radius 1 is 0.561 bits per heavy atom. The normalized spacial score (nSPS) is 12.4. The van der Waals surface area contributed by atoms with Gasteiger partial charge in [0.1, 0.15) is 0 Å². The number of fused-ring (bicyclic) bond motifs is 6. The van der Waals surface area contributed by atoms with Crippen LogP contribution in [0, 0.1) is 13.8 Å². The Labute approximate surface area is 330 Å². The second-order valence-corrected chi connectivity index (χ2v) is 14.4. The molecule has 0 spiro atoms. The topological polar surface area (TPSA) is 55.7 Å². The van der Waals surface area contributed by atoms with Gasteiger partial charge < -0.3 is 0 Å². The minimum atomic E-state index is 0.644. The van der Waals surface area contributed by atoms with Crippen LogP contribution in [0.3, 0.4) is 0 Å². The van der Waals surface area contributed by atoms with Crippen LogP contribution < -0.4 is 0 Å².